The third kappa shape index (κ3) is 3.41. The van der Waals surface area contributed by atoms with Crippen molar-refractivity contribution in [1.82, 2.24) is 9.97 Å². The zero-order valence-electron chi connectivity index (χ0n) is 11.4. The van der Waals surface area contributed by atoms with E-state index in [9.17, 15) is 0 Å². The number of benzene rings is 1. The fourth-order valence-electron chi connectivity index (χ4n) is 1.82. The molecule has 100 valence electrons. The van der Waals surface area contributed by atoms with Crippen molar-refractivity contribution in [1.29, 1.82) is 0 Å². The molecule has 0 fully saturated rings. The number of hydrogen-bond acceptors (Lipinski definition) is 3. The van der Waals surface area contributed by atoms with Gasteiger partial charge in [0.1, 0.15) is 16.2 Å². The molecule has 0 unspecified atom stereocenters. The molecule has 2 rings (SSSR count). The highest BCUT2D eigenvalue weighted by atomic mass is 32.1. The largest absolute Gasteiger partial charge is 0.494 e. The van der Waals surface area contributed by atoms with Gasteiger partial charge in [-0.25, -0.2) is 4.98 Å². The number of H-pyrrole nitrogens is 1. The first-order valence-electron chi connectivity index (χ1n) is 6.44. The Morgan fingerprint density at radius 2 is 2.11 bits per heavy atom. The van der Waals surface area contributed by atoms with Crippen LogP contribution in [0.25, 0.3) is 11.4 Å². The Balaban J connectivity index is 2.46. The number of aromatic nitrogens is 2. The minimum atomic E-state index is 0.388. The highest BCUT2D eigenvalue weighted by molar-refractivity contribution is 7.71. The summed E-state index contributed by atoms with van der Waals surface area (Å²) in [6.07, 6.45) is 0. The molecule has 1 aromatic carbocycles. The van der Waals surface area contributed by atoms with E-state index < -0.39 is 0 Å². The van der Waals surface area contributed by atoms with Crippen molar-refractivity contribution in [2.45, 2.75) is 26.7 Å². The molecule has 4 heteroatoms. The van der Waals surface area contributed by atoms with Crippen LogP contribution >= 0.6 is 12.2 Å². The zero-order chi connectivity index (χ0) is 13.8. The second-order valence-electron chi connectivity index (χ2n) is 4.64. The van der Waals surface area contributed by atoms with E-state index in [1.165, 1.54) is 0 Å². The fourth-order valence-corrected chi connectivity index (χ4v) is 2.04. The Morgan fingerprint density at radius 1 is 1.32 bits per heavy atom. The van der Waals surface area contributed by atoms with E-state index in [2.05, 4.69) is 23.8 Å². The second-order valence-corrected chi connectivity index (χ2v) is 5.06. The monoisotopic (exact) mass is 274 g/mol. The van der Waals surface area contributed by atoms with Gasteiger partial charge in [-0.15, -0.1) is 0 Å². The lowest BCUT2D eigenvalue weighted by Gasteiger charge is -2.10. The van der Waals surface area contributed by atoms with Gasteiger partial charge in [0.15, 0.2) is 0 Å². The van der Waals surface area contributed by atoms with Gasteiger partial charge in [-0.2, -0.15) is 0 Å². The van der Waals surface area contributed by atoms with Crippen LogP contribution < -0.4 is 4.74 Å². The van der Waals surface area contributed by atoms with E-state index in [4.69, 9.17) is 17.0 Å². The van der Waals surface area contributed by atoms with Crippen LogP contribution in [-0.4, -0.2) is 16.6 Å². The van der Waals surface area contributed by atoms with Crippen molar-refractivity contribution >= 4 is 12.2 Å². The second kappa shape index (κ2) is 5.97. The summed E-state index contributed by atoms with van der Waals surface area (Å²) in [4.78, 5) is 7.73. The van der Waals surface area contributed by atoms with Crippen LogP contribution in [0, 0.1) is 4.64 Å². The molecular weight excluding hydrogens is 256 g/mol. The van der Waals surface area contributed by atoms with E-state index >= 15 is 0 Å². The third-order valence-corrected chi connectivity index (χ3v) is 3.01. The highest BCUT2D eigenvalue weighted by Crippen LogP contribution is 2.22. The number of ether oxygens (including phenoxy) is 1. The molecule has 0 radical (unpaired) electrons. The topological polar surface area (TPSA) is 37.9 Å². The predicted octanol–water partition coefficient (Wildman–Crippen LogP) is 4.33. The summed E-state index contributed by atoms with van der Waals surface area (Å²) < 4.78 is 6.12. The van der Waals surface area contributed by atoms with Crippen LogP contribution in [0.1, 0.15) is 32.4 Å². The molecule has 0 spiro atoms. The first kappa shape index (κ1) is 13.7. The van der Waals surface area contributed by atoms with Gasteiger partial charge in [0.25, 0.3) is 0 Å². The number of nitrogens with one attached hydrogen (secondary N) is 1. The summed E-state index contributed by atoms with van der Waals surface area (Å²) in [5.41, 5.74) is 2.08. The van der Waals surface area contributed by atoms with Gasteiger partial charge in [-0.1, -0.05) is 38.2 Å². The van der Waals surface area contributed by atoms with Crippen LogP contribution in [0.15, 0.2) is 30.3 Å². The number of rotatable bonds is 4. The van der Waals surface area contributed by atoms with Gasteiger partial charge >= 0.3 is 0 Å². The van der Waals surface area contributed by atoms with Gasteiger partial charge in [0.2, 0.25) is 0 Å². The van der Waals surface area contributed by atoms with Crippen LogP contribution in [-0.2, 0) is 0 Å². The number of aromatic amines is 1. The van der Waals surface area contributed by atoms with E-state index in [1.54, 1.807) is 0 Å². The van der Waals surface area contributed by atoms with E-state index in [0.29, 0.717) is 17.2 Å². The Morgan fingerprint density at radius 3 is 2.79 bits per heavy atom. The Bertz CT molecular complexity index is 620. The first-order chi connectivity index (χ1) is 9.10. The Hall–Kier alpha value is -1.68. The minimum absolute atomic E-state index is 0.388. The van der Waals surface area contributed by atoms with Crippen molar-refractivity contribution in [2.24, 2.45) is 0 Å². The third-order valence-electron chi connectivity index (χ3n) is 2.80. The summed E-state index contributed by atoms with van der Waals surface area (Å²) in [6.45, 7) is 6.87. The summed E-state index contributed by atoms with van der Waals surface area (Å²) >= 11 is 5.23. The van der Waals surface area contributed by atoms with E-state index in [0.717, 1.165) is 22.8 Å². The van der Waals surface area contributed by atoms with Crippen LogP contribution in [0.5, 0.6) is 5.75 Å². The smallest absolute Gasteiger partial charge is 0.139 e. The lowest BCUT2D eigenvalue weighted by atomic mass is 10.1. The average Bonchev–Trinajstić information content (AvgIpc) is 2.38. The molecule has 1 heterocycles. The van der Waals surface area contributed by atoms with Crippen LogP contribution in [0.2, 0.25) is 0 Å². The van der Waals surface area contributed by atoms with Crippen LogP contribution in [0.4, 0.5) is 0 Å². The first-order valence-corrected chi connectivity index (χ1v) is 6.85. The van der Waals surface area contributed by atoms with Gasteiger partial charge in [0, 0.05) is 11.3 Å². The Kier molecular flexibility index (Phi) is 4.32. The lowest BCUT2D eigenvalue weighted by molar-refractivity contribution is 0.340. The quantitative estimate of drug-likeness (QED) is 0.843. The zero-order valence-corrected chi connectivity index (χ0v) is 12.3. The lowest BCUT2D eigenvalue weighted by Crippen LogP contribution is -1.98. The molecule has 0 aliphatic carbocycles. The SMILES string of the molecule is CCOc1cccc(-c2nc(=S)cc(C(C)C)[nH]2)c1. The number of hydrogen-bond donors (Lipinski definition) is 1. The van der Waals surface area contributed by atoms with Crippen molar-refractivity contribution in [3.05, 3.63) is 40.7 Å². The molecule has 2 aromatic rings. The molecule has 1 N–H and O–H groups in total. The molecule has 0 bridgehead atoms. The van der Waals surface area contributed by atoms with Crippen molar-refractivity contribution in [3.63, 3.8) is 0 Å². The van der Waals surface area contributed by atoms with Gasteiger partial charge in [0.05, 0.1) is 6.61 Å². The molecule has 19 heavy (non-hydrogen) atoms. The normalized spacial score (nSPS) is 10.7. The summed E-state index contributed by atoms with van der Waals surface area (Å²) in [7, 11) is 0. The maximum Gasteiger partial charge on any atom is 0.139 e. The minimum Gasteiger partial charge on any atom is -0.494 e. The standard InChI is InChI=1S/C15H18N2OS/c1-4-18-12-7-5-6-11(8-12)15-16-13(10(2)3)9-14(19)17-15/h5-10H,4H2,1-3H3,(H,16,17,19). The summed E-state index contributed by atoms with van der Waals surface area (Å²) in [5.74, 6) is 2.02. The molecule has 0 aliphatic heterocycles. The maximum atomic E-state index is 5.51. The molecular formula is C15H18N2OS. The molecule has 0 amide bonds. The highest BCUT2D eigenvalue weighted by Gasteiger charge is 2.06. The van der Waals surface area contributed by atoms with Crippen molar-refractivity contribution < 1.29 is 4.74 Å². The van der Waals surface area contributed by atoms with Gasteiger partial charge < -0.3 is 9.72 Å². The average molecular weight is 274 g/mol. The fraction of sp³-hybridized carbons (Fsp3) is 0.333. The molecule has 0 saturated heterocycles. The van der Waals surface area contributed by atoms with E-state index in [-0.39, 0.29) is 0 Å². The molecule has 3 nitrogen and oxygen atoms in total. The Labute approximate surface area is 118 Å². The van der Waals surface area contributed by atoms with Crippen molar-refractivity contribution in [2.75, 3.05) is 6.61 Å². The molecule has 0 aliphatic rings. The van der Waals surface area contributed by atoms with Crippen molar-refractivity contribution in [3.8, 4) is 17.1 Å². The maximum absolute atomic E-state index is 5.51. The van der Waals surface area contributed by atoms with Crippen LogP contribution in [0.3, 0.4) is 0 Å². The van der Waals surface area contributed by atoms with E-state index in [1.807, 2.05) is 37.3 Å². The summed E-state index contributed by atoms with van der Waals surface area (Å²) in [5, 5.41) is 0. The molecule has 0 saturated carbocycles. The van der Waals surface area contributed by atoms with Gasteiger partial charge in [-0.05, 0) is 31.0 Å². The summed E-state index contributed by atoms with van der Waals surface area (Å²) in [6, 6.07) is 9.78. The predicted molar refractivity (Wildman–Crippen MR) is 80.1 cm³/mol. The van der Waals surface area contributed by atoms with Gasteiger partial charge in [-0.3, -0.25) is 0 Å². The molecule has 1 aromatic heterocycles. The number of nitrogens with zero attached hydrogens (tertiary/aromatic N) is 1. The molecule has 0 atom stereocenters.